The Morgan fingerprint density at radius 1 is 1.04 bits per heavy atom. The van der Waals surface area contributed by atoms with E-state index in [0.717, 1.165) is 39.1 Å². The zero-order valence-corrected chi connectivity index (χ0v) is 29.3. The van der Waals surface area contributed by atoms with Crippen LogP contribution in [0.4, 0.5) is 8.78 Å². The normalized spacial score (nSPS) is 19.2. The second-order valence-corrected chi connectivity index (χ2v) is 15.7. The van der Waals surface area contributed by atoms with Crippen molar-refractivity contribution in [3.8, 4) is 0 Å². The molecule has 258 valence electrons. The third-order valence-electron chi connectivity index (χ3n) is 8.78. The predicted molar refractivity (Wildman–Crippen MR) is 183 cm³/mol. The molecule has 2 aliphatic heterocycles. The van der Waals surface area contributed by atoms with E-state index in [1.807, 2.05) is 54.6 Å². The Bertz CT molecular complexity index is 1910. The number of hydrogen-bond acceptors (Lipinski definition) is 6. The van der Waals surface area contributed by atoms with Crippen LogP contribution in [0.1, 0.15) is 45.3 Å². The maximum atomic E-state index is 14.4. The molecule has 3 heterocycles. The number of halogens is 3. The third-order valence-corrected chi connectivity index (χ3v) is 11.4. The van der Waals surface area contributed by atoms with Crippen molar-refractivity contribution in [3.63, 3.8) is 0 Å². The van der Waals surface area contributed by atoms with Gasteiger partial charge in [-0.3, -0.25) is 18.9 Å². The maximum absolute atomic E-state index is 14.4. The number of alkyl halides is 2. The van der Waals surface area contributed by atoms with Crippen LogP contribution in [-0.2, 0) is 31.0 Å². The van der Waals surface area contributed by atoms with Gasteiger partial charge in [-0.1, -0.05) is 64.5 Å². The minimum atomic E-state index is -5.78. The molecule has 0 aliphatic carbocycles. The molecule has 3 atom stereocenters. The Hall–Kier alpha value is -3.52. The van der Waals surface area contributed by atoms with E-state index >= 15 is 0 Å². The van der Waals surface area contributed by atoms with Crippen LogP contribution in [0.3, 0.4) is 0 Å². The fraction of sp³-hybridized carbons (Fsp3) is 0.324. The fourth-order valence-corrected chi connectivity index (χ4v) is 7.90. The van der Waals surface area contributed by atoms with Crippen LogP contribution in [0, 0.1) is 0 Å². The molecule has 3 aromatic carbocycles. The number of rotatable bonds is 9. The monoisotopic (exact) mass is 775 g/mol. The molecule has 0 spiro atoms. The predicted octanol–water partition coefficient (Wildman–Crippen LogP) is 5.82. The van der Waals surface area contributed by atoms with Gasteiger partial charge in [-0.15, -0.1) is 11.3 Å². The van der Waals surface area contributed by atoms with Crippen molar-refractivity contribution in [2.45, 2.75) is 43.1 Å². The van der Waals surface area contributed by atoms with E-state index in [1.54, 1.807) is 9.80 Å². The van der Waals surface area contributed by atoms with E-state index in [9.17, 15) is 27.7 Å². The van der Waals surface area contributed by atoms with Gasteiger partial charge in [0.05, 0.1) is 18.0 Å². The van der Waals surface area contributed by atoms with Gasteiger partial charge >= 0.3 is 13.3 Å². The number of fused-ring (bicyclic) bond motifs is 1. The van der Waals surface area contributed by atoms with E-state index in [-0.39, 0.29) is 28.7 Å². The quantitative estimate of drug-likeness (QED) is 0.182. The van der Waals surface area contributed by atoms with Crippen molar-refractivity contribution >= 4 is 62.7 Å². The molecule has 6 rings (SSSR count). The minimum Gasteiger partial charge on any atom is -0.370 e. The van der Waals surface area contributed by atoms with Crippen LogP contribution in [-0.4, -0.2) is 75.6 Å². The van der Waals surface area contributed by atoms with Crippen LogP contribution in [0.25, 0.3) is 10.1 Å². The molecule has 3 amide bonds. The van der Waals surface area contributed by atoms with Gasteiger partial charge in [-0.05, 0) is 59.7 Å². The average molecular weight is 777 g/mol. The Kier molecular flexibility index (Phi) is 10.4. The molecule has 3 N–H and O–H groups in total. The van der Waals surface area contributed by atoms with Crippen molar-refractivity contribution in [2.24, 2.45) is 0 Å². The molecule has 0 radical (unpaired) electrons. The standard InChI is InChI=1S/C34H33BrF2N3O7PS/c35-25-11-8-21(9-12-25)17-26(38-31(41)30-19-23-18-24(10-13-29(23)49-30)34(36,37)48(44,45)46)32(42)40-14-4-7-27(40)33(43)39-15-16-47-28(20-39)22-5-2-1-3-6-22/h1-3,5-6,8-13,18-19,26-28H,4,7,14-17,20H2,(H,38,41)(H2,44,45,46)/t26-,27-,28-/m0/s1. The second-order valence-electron chi connectivity index (χ2n) is 12.0. The summed E-state index contributed by atoms with van der Waals surface area (Å²) in [6, 6.07) is 19.6. The number of nitrogens with zero attached hydrogens (tertiary/aromatic N) is 2. The molecule has 0 unspecified atom stereocenters. The Balaban J connectivity index is 1.23. The van der Waals surface area contributed by atoms with E-state index in [1.165, 1.54) is 12.1 Å². The molecule has 10 nitrogen and oxygen atoms in total. The average Bonchev–Trinajstić information content (AvgIpc) is 3.76. The van der Waals surface area contributed by atoms with Gasteiger partial charge in [0.2, 0.25) is 11.8 Å². The van der Waals surface area contributed by atoms with Crippen LogP contribution < -0.4 is 5.32 Å². The SMILES string of the molecule is O=C(N[C@@H](Cc1ccc(Br)cc1)C(=O)N1CCC[C@H]1C(=O)N1CCO[C@H](c2ccccc2)C1)c1cc2cc(C(F)(F)P(=O)(O)O)ccc2s1. The number of likely N-dealkylation sites (tertiary alicyclic amines) is 1. The Morgan fingerprint density at radius 2 is 1.78 bits per heavy atom. The number of benzene rings is 3. The molecule has 1 aromatic heterocycles. The lowest BCUT2D eigenvalue weighted by atomic mass is 10.0. The first kappa shape index (κ1) is 35.3. The largest absolute Gasteiger partial charge is 0.399 e. The van der Waals surface area contributed by atoms with Crippen LogP contribution in [0.5, 0.6) is 0 Å². The van der Waals surface area contributed by atoms with E-state index in [2.05, 4.69) is 21.2 Å². The number of ether oxygens (including phenoxy) is 1. The summed E-state index contributed by atoms with van der Waals surface area (Å²) >= 11 is 4.40. The maximum Gasteiger partial charge on any atom is 0.399 e. The topological polar surface area (TPSA) is 136 Å². The summed E-state index contributed by atoms with van der Waals surface area (Å²) in [5.41, 5.74) is -3.55. The van der Waals surface area contributed by atoms with Crippen LogP contribution in [0.15, 0.2) is 83.3 Å². The molecule has 15 heteroatoms. The summed E-state index contributed by atoms with van der Waals surface area (Å²) in [4.78, 5) is 63.5. The van der Waals surface area contributed by atoms with E-state index < -0.39 is 42.7 Å². The van der Waals surface area contributed by atoms with Crippen molar-refractivity contribution in [1.82, 2.24) is 15.1 Å². The van der Waals surface area contributed by atoms with Gasteiger partial charge in [-0.2, -0.15) is 8.78 Å². The summed E-state index contributed by atoms with van der Waals surface area (Å²) in [7, 11) is -5.78. The van der Waals surface area contributed by atoms with Gasteiger partial charge in [0, 0.05) is 34.2 Å². The van der Waals surface area contributed by atoms with Crippen LogP contribution >= 0.6 is 34.9 Å². The van der Waals surface area contributed by atoms with Crippen LogP contribution in [0.2, 0.25) is 0 Å². The minimum absolute atomic E-state index is 0.120. The number of thiophene rings is 1. The molecule has 0 bridgehead atoms. The lowest BCUT2D eigenvalue weighted by Gasteiger charge is -2.37. The molecular formula is C34H33BrF2N3O7PS. The first-order valence-corrected chi connectivity index (χ1v) is 18.8. The zero-order valence-electron chi connectivity index (χ0n) is 26.0. The number of amides is 3. The molecule has 2 saturated heterocycles. The molecule has 49 heavy (non-hydrogen) atoms. The summed E-state index contributed by atoms with van der Waals surface area (Å²) < 4.78 is 47.4. The molecule has 4 aromatic rings. The van der Waals surface area contributed by atoms with Gasteiger partial charge in [0.1, 0.15) is 18.2 Å². The first-order chi connectivity index (χ1) is 23.3. The molecule has 0 saturated carbocycles. The van der Waals surface area contributed by atoms with Gasteiger partial charge in [0.25, 0.3) is 5.91 Å². The van der Waals surface area contributed by atoms with Gasteiger partial charge < -0.3 is 29.6 Å². The number of carbonyl (C=O) groups excluding carboxylic acids is 3. The number of nitrogens with one attached hydrogen (secondary N) is 1. The summed E-state index contributed by atoms with van der Waals surface area (Å²) in [5.74, 6) is -1.21. The molecule has 2 aliphatic rings. The highest BCUT2D eigenvalue weighted by Crippen LogP contribution is 2.59. The second kappa shape index (κ2) is 14.4. The smallest absolute Gasteiger partial charge is 0.370 e. The van der Waals surface area contributed by atoms with Crippen molar-refractivity contribution < 1.29 is 42.3 Å². The van der Waals surface area contributed by atoms with Crippen molar-refractivity contribution in [1.29, 1.82) is 0 Å². The van der Waals surface area contributed by atoms with Crippen molar-refractivity contribution in [3.05, 3.63) is 105 Å². The summed E-state index contributed by atoms with van der Waals surface area (Å²) in [6.07, 6.45) is 0.946. The number of morpholine rings is 1. The third kappa shape index (κ3) is 7.64. The molecule has 2 fully saturated rings. The highest BCUT2D eigenvalue weighted by Gasteiger charge is 2.50. The Morgan fingerprint density at radius 3 is 2.49 bits per heavy atom. The van der Waals surface area contributed by atoms with Gasteiger partial charge in [0.15, 0.2) is 0 Å². The van der Waals surface area contributed by atoms with Gasteiger partial charge in [-0.25, -0.2) is 0 Å². The van der Waals surface area contributed by atoms with E-state index in [0.29, 0.717) is 43.8 Å². The Labute approximate surface area is 293 Å². The highest BCUT2D eigenvalue weighted by molar-refractivity contribution is 9.10. The molecular weight excluding hydrogens is 743 g/mol. The number of hydrogen-bond donors (Lipinski definition) is 3. The highest BCUT2D eigenvalue weighted by atomic mass is 79.9. The lowest BCUT2D eigenvalue weighted by Crippen LogP contribution is -2.56. The zero-order chi connectivity index (χ0) is 34.9. The lowest BCUT2D eigenvalue weighted by molar-refractivity contribution is -0.149. The van der Waals surface area contributed by atoms with Crippen molar-refractivity contribution in [2.75, 3.05) is 26.2 Å². The summed E-state index contributed by atoms with van der Waals surface area (Å²) in [6.45, 7) is 1.46. The fourth-order valence-electron chi connectivity index (χ4n) is 6.21. The first-order valence-electron chi connectivity index (χ1n) is 15.6. The number of carbonyl (C=O) groups is 3. The van der Waals surface area contributed by atoms with E-state index in [4.69, 9.17) is 14.5 Å². The summed E-state index contributed by atoms with van der Waals surface area (Å²) in [5, 5.41) is 3.02.